The maximum absolute atomic E-state index is 13.0. The van der Waals surface area contributed by atoms with Crippen LogP contribution < -0.4 is 5.56 Å². The van der Waals surface area contributed by atoms with E-state index in [4.69, 9.17) is 5.11 Å². The second-order valence-corrected chi connectivity index (χ2v) is 7.06. The van der Waals surface area contributed by atoms with Gasteiger partial charge in [0.2, 0.25) is 0 Å². The van der Waals surface area contributed by atoms with E-state index < -0.39 is 23.0 Å². The van der Waals surface area contributed by atoms with E-state index in [1.807, 2.05) is 13.8 Å². The number of rotatable bonds is 3. The first-order valence-electron chi connectivity index (χ1n) is 9.15. The maximum atomic E-state index is 13.0. The molecular formula is C20H23FN2O5. The number of fused-ring (bicyclic) bond motifs is 3. The third kappa shape index (κ3) is 3.35. The lowest BCUT2D eigenvalue weighted by Gasteiger charge is -2.29. The Hall–Kier alpha value is -2.87. The summed E-state index contributed by atoms with van der Waals surface area (Å²) in [5, 5.41) is 27.6. The Labute approximate surface area is 161 Å². The monoisotopic (exact) mass is 390 g/mol. The van der Waals surface area contributed by atoms with Crippen molar-refractivity contribution in [1.29, 1.82) is 0 Å². The molecule has 8 heteroatoms. The number of benzene rings is 1. The van der Waals surface area contributed by atoms with Crippen LogP contribution in [0.1, 0.15) is 42.4 Å². The van der Waals surface area contributed by atoms with Crippen LogP contribution in [0.5, 0.6) is 11.5 Å². The Morgan fingerprint density at radius 1 is 1.11 bits per heavy atom. The van der Waals surface area contributed by atoms with Gasteiger partial charge >= 0.3 is 0 Å². The number of hydrogen-bond donors (Lipinski definition) is 3. The molecule has 1 aliphatic heterocycles. The van der Waals surface area contributed by atoms with Crippen LogP contribution in [-0.2, 0) is 6.54 Å². The highest BCUT2D eigenvalue weighted by atomic mass is 19.1. The fourth-order valence-electron chi connectivity index (χ4n) is 3.61. The molecule has 1 amide bonds. The zero-order valence-electron chi connectivity index (χ0n) is 15.7. The summed E-state index contributed by atoms with van der Waals surface area (Å²) >= 11 is 0. The van der Waals surface area contributed by atoms with Gasteiger partial charge in [-0.3, -0.25) is 14.2 Å². The molecule has 1 fully saturated rings. The summed E-state index contributed by atoms with van der Waals surface area (Å²) in [5.74, 6) is -2.01. The molecule has 2 unspecified atom stereocenters. The van der Waals surface area contributed by atoms with E-state index in [2.05, 4.69) is 0 Å². The van der Waals surface area contributed by atoms with Gasteiger partial charge in [-0.15, -0.1) is 0 Å². The predicted molar refractivity (Wildman–Crippen MR) is 99.7 cm³/mol. The molecule has 0 bridgehead atoms. The third-order valence-corrected chi connectivity index (χ3v) is 5.10. The molecule has 2 aromatic rings. The minimum atomic E-state index is -0.604. The highest BCUT2D eigenvalue weighted by molar-refractivity contribution is 5.97. The average Bonchev–Trinajstić information content (AvgIpc) is 3.34. The highest BCUT2D eigenvalue weighted by Crippen LogP contribution is 2.52. The smallest absolute Gasteiger partial charge is 0.275 e. The molecule has 0 radical (unpaired) electrons. The van der Waals surface area contributed by atoms with Crippen LogP contribution in [0.3, 0.4) is 0 Å². The lowest BCUT2D eigenvalue weighted by Crippen LogP contribution is -2.42. The van der Waals surface area contributed by atoms with Crippen LogP contribution in [-0.4, -0.2) is 43.3 Å². The molecule has 28 heavy (non-hydrogen) atoms. The van der Waals surface area contributed by atoms with Crippen molar-refractivity contribution in [3.63, 3.8) is 0 Å². The summed E-state index contributed by atoms with van der Waals surface area (Å²) in [5.41, 5.74) is 0.0557. The Kier molecular flexibility index (Phi) is 5.42. The van der Waals surface area contributed by atoms with E-state index >= 15 is 0 Å². The predicted octanol–water partition coefficient (Wildman–Crippen LogP) is 2.00. The van der Waals surface area contributed by atoms with Crippen LogP contribution in [0.2, 0.25) is 0 Å². The standard InChI is InChI=1S/C17H15FN2O4.C3H8O/c1-8-13-14(8)20-12(22)6-11(21)16(23)15(20)17(24)19(13)7-9-2-4-10(18)5-3-9;1-2-3-4/h2-6,8,13-14,21,23H,7H2,1H3;4H,2-3H2,1H3/t8?,13?,14-;/m0./s1. The van der Waals surface area contributed by atoms with Gasteiger partial charge in [0, 0.05) is 25.1 Å². The molecule has 3 atom stereocenters. The van der Waals surface area contributed by atoms with Crippen molar-refractivity contribution in [3.8, 4) is 11.5 Å². The van der Waals surface area contributed by atoms with Gasteiger partial charge in [-0.05, 0) is 24.1 Å². The lowest BCUT2D eigenvalue weighted by atomic mass is 10.1. The van der Waals surface area contributed by atoms with Gasteiger partial charge in [-0.25, -0.2) is 4.39 Å². The molecule has 1 aromatic carbocycles. The first kappa shape index (κ1) is 19.9. The summed E-state index contributed by atoms with van der Waals surface area (Å²) in [4.78, 5) is 26.5. The fourth-order valence-corrected chi connectivity index (χ4v) is 3.61. The number of aromatic nitrogens is 1. The SMILES string of the molecule is CC1C2[C@H]1n1c(c(O)c(O)cc1=O)C(=O)N2Cc1ccc(F)cc1.CCCO. The van der Waals surface area contributed by atoms with Gasteiger partial charge in [-0.2, -0.15) is 0 Å². The molecule has 3 N–H and O–H groups in total. The number of hydrogen-bond acceptors (Lipinski definition) is 5. The number of aliphatic hydroxyl groups is 1. The van der Waals surface area contributed by atoms with Gasteiger partial charge in [0.05, 0.1) is 12.1 Å². The highest BCUT2D eigenvalue weighted by Gasteiger charge is 2.58. The van der Waals surface area contributed by atoms with E-state index in [0.29, 0.717) is 6.61 Å². The Balaban J connectivity index is 0.000000516. The molecular weight excluding hydrogens is 367 g/mol. The van der Waals surface area contributed by atoms with Crippen molar-refractivity contribution in [2.75, 3.05) is 6.61 Å². The number of halogens is 1. The summed E-state index contributed by atoms with van der Waals surface area (Å²) in [6, 6.07) is 6.36. The Morgan fingerprint density at radius 3 is 2.29 bits per heavy atom. The summed E-state index contributed by atoms with van der Waals surface area (Å²) in [6.07, 6.45) is 0.875. The number of carbonyl (C=O) groups is 1. The number of aliphatic hydroxyl groups excluding tert-OH is 1. The minimum Gasteiger partial charge on any atom is -0.504 e. The Morgan fingerprint density at radius 2 is 1.71 bits per heavy atom. The van der Waals surface area contributed by atoms with E-state index in [1.54, 1.807) is 17.0 Å². The number of pyridine rings is 1. The number of aromatic hydroxyl groups is 2. The van der Waals surface area contributed by atoms with E-state index in [9.17, 15) is 24.2 Å². The zero-order chi connectivity index (χ0) is 20.6. The van der Waals surface area contributed by atoms with Gasteiger partial charge in [-0.1, -0.05) is 26.0 Å². The summed E-state index contributed by atoms with van der Waals surface area (Å²) in [6.45, 7) is 4.42. The Bertz CT molecular complexity index is 939. The molecule has 1 aromatic heterocycles. The van der Waals surface area contributed by atoms with Crippen LogP contribution in [0.15, 0.2) is 35.1 Å². The van der Waals surface area contributed by atoms with Crippen molar-refractivity contribution in [2.24, 2.45) is 5.92 Å². The number of carbonyl (C=O) groups excluding carboxylic acids is 1. The maximum Gasteiger partial charge on any atom is 0.275 e. The van der Waals surface area contributed by atoms with Crippen LogP contribution >= 0.6 is 0 Å². The first-order chi connectivity index (χ1) is 13.3. The fraction of sp³-hybridized carbons (Fsp3) is 0.400. The second kappa shape index (κ2) is 7.63. The molecule has 2 aliphatic rings. The van der Waals surface area contributed by atoms with Crippen molar-refractivity contribution in [1.82, 2.24) is 9.47 Å². The van der Waals surface area contributed by atoms with E-state index in [1.165, 1.54) is 16.7 Å². The molecule has 2 heterocycles. The quantitative estimate of drug-likeness (QED) is 0.744. The molecule has 7 nitrogen and oxygen atoms in total. The minimum absolute atomic E-state index is 0.0530. The van der Waals surface area contributed by atoms with Crippen LogP contribution in [0, 0.1) is 11.7 Å². The van der Waals surface area contributed by atoms with Crippen molar-refractivity contribution >= 4 is 5.91 Å². The largest absolute Gasteiger partial charge is 0.504 e. The zero-order valence-corrected chi connectivity index (χ0v) is 15.7. The summed E-state index contributed by atoms with van der Waals surface area (Å²) in [7, 11) is 0. The topological polar surface area (TPSA) is 103 Å². The lowest BCUT2D eigenvalue weighted by molar-refractivity contribution is 0.0668. The van der Waals surface area contributed by atoms with Crippen LogP contribution in [0.4, 0.5) is 4.39 Å². The molecule has 0 spiro atoms. The normalized spacial score (nSPS) is 22.1. The van der Waals surface area contributed by atoms with E-state index in [-0.39, 0.29) is 36.1 Å². The van der Waals surface area contributed by atoms with Crippen molar-refractivity contribution in [2.45, 2.75) is 38.9 Å². The van der Waals surface area contributed by atoms with Gasteiger partial charge in [0.15, 0.2) is 17.2 Å². The van der Waals surface area contributed by atoms with Gasteiger partial charge in [0.1, 0.15) is 5.82 Å². The molecule has 4 rings (SSSR count). The molecule has 1 saturated carbocycles. The molecule has 1 aliphatic carbocycles. The molecule has 150 valence electrons. The summed E-state index contributed by atoms with van der Waals surface area (Å²) < 4.78 is 14.3. The molecule has 0 saturated heterocycles. The van der Waals surface area contributed by atoms with Crippen molar-refractivity contribution < 1.29 is 24.5 Å². The van der Waals surface area contributed by atoms with Crippen LogP contribution in [0.25, 0.3) is 0 Å². The number of nitrogens with zero attached hydrogens (tertiary/aromatic N) is 2. The second-order valence-electron chi connectivity index (χ2n) is 7.06. The third-order valence-electron chi connectivity index (χ3n) is 5.10. The van der Waals surface area contributed by atoms with Gasteiger partial charge in [0.25, 0.3) is 11.5 Å². The number of amides is 1. The van der Waals surface area contributed by atoms with Crippen molar-refractivity contribution in [3.05, 3.63) is 57.8 Å². The first-order valence-corrected chi connectivity index (χ1v) is 9.15. The van der Waals surface area contributed by atoms with Gasteiger partial charge < -0.3 is 20.2 Å². The van der Waals surface area contributed by atoms with E-state index in [0.717, 1.165) is 18.1 Å². The average molecular weight is 390 g/mol.